The van der Waals surface area contributed by atoms with Crippen LogP contribution < -0.4 is 4.90 Å². The fourth-order valence-corrected chi connectivity index (χ4v) is 5.16. The predicted octanol–water partition coefficient (Wildman–Crippen LogP) is 6.20. The third-order valence-corrected chi connectivity index (χ3v) is 7.16. The number of hydrogen-bond donors (Lipinski definition) is 2. The Hall–Kier alpha value is -3.16. The molecule has 0 spiro atoms. The van der Waals surface area contributed by atoms with Gasteiger partial charge in [-0.1, -0.05) is 56.6 Å². The highest BCUT2D eigenvalue weighted by atomic mass is 35.5. The number of phenolic OH excluding ortho intramolecular Hbond substituents is 1. The summed E-state index contributed by atoms with van der Waals surface area (Å²) in [5, 5.41) is 22.5. The monoisotopic (exact) mass is 496 g/mol. The first-order valence-corrected chi connectivity index (χ1v) is 11.9. The van der Waals surface area contributed by atoms with Crippen LogP contribution in [0.25, 0.3) is 0 Å². The van der Waals surface area contributed by atoms with E-state index in [1.54, 1.807) is 13.8 Å². The normalized spacial score (nSPS) is 16.5. The van der Waals surface area contributed by atoms with Crippen molar-refractivity contribution in [2.75, 3.05) is 4.90 Å². The molecule has 0 bridgehead atoms. The molecule has 1 aromatic heterocycles. The molecule has 176 valence electrons. The van der Waals surface area contributed by atoms with Gasteiger partial charge < -0.3 is 10.2 Å². The number of ketones is 1. The minimum atomic E-state index is -0.958. The summed E-state index contributed by atoms with van der Waals surface area (Å²) in [5.41, 5.74) is 2.18. The van der Waals surface area contributed by atoms with Crippen molar-refractivity contribution >= 4 is 40.3 Å². The van der Waals surface area contributed by atoms with Gasteiger partial charge in [-0.05, 0) is 48.6 Å². The fourth-order valence-electron chi connectivity index (χ4n) is 4.12. The number of aromatic nitrogens is 1. The van der Waals surface area contributed by atoms with Gasteiger partial charge >= 0.3 is 0 Å². The zero-order valence-electron chi connectivity index (χ0n) is 19.5. The average Bonchev–Trinajstić information content (AvgIpc) is 3.24. The molecule has 34 heavy (non-hydrogen) atoms. The Labute approximate surface area is 207 Å². The van der Waals surface area contributed by atoms with Crippen molar-refractivity contribution in [1.29, 1.82) is 0 Å². The van der Waals surface area contributed by atoms with E-state index in [2.05, 4.69) is 25.8 Å². The number of aromatic hydroxyl groups is 1. The summed E-state index contributed by atoms with van der Waals surface area (Å²) >= 11 is 7.38. The van der Waals surface area contributed by atoms with Crippen LogP contribution in [0.2, 0.25) is 5.02 Å². The van der Waals surface area contributed by atoms with Gasteiger partial charge in [-0.15, -0.1) is 11.3 Å². The average molecular weight is 497 g/mol. The number of Topliss-reactive ketones (excluding diaryl/α,β-unsaturated/α-hetero) is 1. The van der Waals surface area contributed by atoms with Crippen LogP contribution in [0.1, 0.15) is 58.3 Å². The van der Waals surface area contributed by atoms with E-state index in [9.17, 15) is 19.8 Å². The lowest BCUT2D eigenvalue weighted by atomic mass is 9.85. The van der Waals surface area contributed by atoms with E-state index < -0.39 is 23.5 Å². The molecule has 4 rings (SSSR count). The molecule has 6 nitrogen and oxygen atoms in total. The number of aryl methyl sites for hydroxylation is 2. The Kier molecular flexibility index (Phi) is 6.04. The van der Waals surface area contributed by atoms with Gasteiger partial charge in [-0.2, -0.15) is 0 Å². The number of halogens is 1. The molecule has 0 saturated heterocycles. The Morgan fingerprint density at radius 3 is 2.29 bits per heavy atom. The fraction of sp³-hybridized carbons (Fsp3) is 0.269. The highest BCUT2D eigenvalue weighted by molar-refractivity contribution is 7.14. The number of nitrogens with zero attached hydrogens (tertiary/aromatic N) is 2. The van der Waals surface area contributed by atoms with E-state index in [4.69, 9.17) is 11.6 Å². The van der Waals surface area contributed by atoms with Crippen molar-refractivity contribution in [1.82, 2.24) is 4.98 Å². The number of benzene rings is 2. The smallest absolute Gasteiger partial charge is 0.294 e. The molecule has 8 heteroatoms. The first kappa shape index (κ1) is 24.0. The molecular formula is C26H25ClN2O4S. The van der Waals surface area contributed by atoms with Crippen molar-refractivity contribution in [3.63, 3.8) is 0 Å². The standard InChI is InChI=1S/C26H25ClN2O4S/c1-13-24(34-14(2)28-13)22(31)20-21(15-6-8-16(9-7-15)26(3,4)5)29(25(33)23(20)32)18-12-17(27)10-11-19(18)30/h6-12,21,30,32H,1-5H3. The van der Waals surface area contributed by atoms with Gasteiger partial charge in [0, 0.05) is 5.02 Å². The molecule has 0 radical (unpaired) electrons. The molecule has 0 saturated carbocycles. The Morgan fingerprint density at radius 1 is 1.09 bits per heavy atom. The minimum absolute atomic E-state index is 0.0559. The third kappa shape index (κ3) is 4.10. The summed E-state index contributed by atoms with van der Waals surface area (Å²) in [4.78, 5) is 32.9. The molecule has 0 aliphatic carbocycles. The summed E-state index contributed by atoms with van der Waals surface area (Å²) in [6.07, 6.45) is 0. The largest absolute Gasteiger partial charge is 0.506 e. The first-order chi connectivity index (χ1) is 15.9. The summed E-state index contributed by atoms with van der Waals surface area (Å²) in [7, 11) is 0. The Bertz CT molecular complexity index is 1340. The quantitative estimate of drug-likeness (QED) is 0.420. The zero-order valence-corrected chi connectivity index (χ0v) is 21.1. The number of hydrogen-bond acceptors (Lipinski definition) is 6. The van der Waals surface area contributed by atoms with Crippen LogP contribution in [0.4, 0.5) is 5.69 Å². The number of aliphatic hydroxyl groups is 1. The minimum Gasteiger partial charge on any atom is -0.506 e. The lowest BCUT2D eigenvalue weighted by molar-refractivity contribution is -0.117. The van der Waals surface area contributed by atoms with Crippen LogP contribution in [-0.2, 0) is 10.2 Å². The van der Waals surface area contributed by atoms with E-state index in [1.165, 1.54) is 34.4 Å². The maximum Gasteiger partial charge on any atom is 0.294 e. The number of carbonyl (C=O) groups is 2. The molecule has 2 aromatic carbocycles. The van der Waals surface area contributed by atoms with E-state index in [0.29, 0.717) is 26.2 Å². The second kappa shape index (κ2) is 8.56. The van der Waals surface area contributed by atoms with Crippen molar-refractivity contribution in [3.05, 3.63) is 85.5 Å². The highest BCUT2D eigenvalue weighted by Crippen LogP contribution is 2.46. The number of rotatable bonds is 4. The number of thiazole rings is 1. The van der Waals surface area contributed by atoms with Crippen LogP contribution in [-0.4, -0.2) is 26.9 Å². The lowest BCUT2D eigenvalue weighted by Gasteiger charge is -2.28. The molecule has 3 aromatic rings. The molecule has 1 unspecified atom stereocenters. The summed E-state index contributed by atoms with van der Waals surface area (Å²) < 4.78 is 0. The molecule has 0 fully saturated rings. The van der Waals surface area contributed by atoms with E-state index in [-0.39, 0.29) is 22.4 Å². The van der Waals surface area contributed by atoms with Crippen molar-refractivity contribution in [2.24, 2.45) is 0 Å². The number of anilines is 1. The summed E-state index contributed by atoms with van der Waals surface area (Å²) in [5.74, 6) is -2.10. The van der Waals surface area contributed by atoms with Crippen LogP contribution >= 0.6 is 22.9 Å². The van der Waals surface area contributed by atoms with E-state index >= 15 is 0 Å². The van der Waals surface area contributed by atoms with Crippen molar-refractivity contribution in [3.8, 4) is 5.75 Å². The van der Waals surface area contributed by atoms with Gasteiger partial charge in [0.1, 0.15) is 5.75 Å². The summed E-state index contributed by atoms with van der Waals surface area (Å²) in [6, 6.07) is 10.9. The van der Waals surface area contributed by atoms with Crippen molar-refractivity contribution in [2.45, 2.75) is 46.1 Å². The molecule has 1 aliphatic heterocycles. The zero-order chi connectivity index (χ0) is 24.9. The molecule has 1 amide bonds. The van der Waals surface area contributed by atoms with Crippen LogP contribution in [0.5, 0.6) is 5.75 Å². The van der Waals surface area contributed by atoms with E-state index in [1.807, 2.05) is 24.3 Å². The van der Waals surface area contributed by atoms with Gasteiger partial charge in [-0.25, -0.2) is 4.98 Å². The second-order valence-electron chi connectivity index (χ2n) is 9.32. The summed E-state index contributed by atoms with van der Waals surface area (Å²) in [6.45, 7) is 9.79. The van der Waals surface area contributed by atoms with Gasteiger partial charge in [0.25, 0.3) is 5.91 Å². The van der Waals surface area contributed by atoms with Crippen molar-refractivity contribution < 1.29 is 19.8 Å². The molecular weight excluding hydrogens is 472 g/mol. The topological polar surface area (TPSA) is 90.7 Å². The Balaban J connectivity index is 1.92. The van der Waals surface area contributed by atoms with E-state index in [0.717, 1.165) is 5.56 Å². The molecule has 1 aliphatic rings. The number of aliphatic hydroxyl groups excluding tert-OH is 1. The maximum atomic E-state index is 13.7. The maximum absolute atomic E-state index is 13.7. The first-order valence-electron chi connectivity index (χ1n) is 10.7. The number of amides is 1. The third-order valence-electron chi connectivity index (χ3n) is 5.85. The van der Waals surface area contributed by atoms with Crippen LogP contribution in [0.15, 0.2) is 53.8 Å². The number of phenols is 1. The number of carbonyl (C=O) groups excluding carboxylic acids is 2. The Morgan fingerprint density at radius 2 is 1.74 bits per heavy atom. The van der Waals surface area contributed by atoms with Crippen LogP contribution in [0.3, 0.4) is 0 Å². The van der Waals surface area contributed by atoms with Gasteiger partial charge in [0.2, 0.25) is 5.78 Å². The molecule has 2 N–H and O–H groups in total. The molecule has 1 atom stereocenters. The highest BCUT2D eigenvalue weighted by Gasteiger charge is 2.46. The predicted molar refractivity (Wildman–Crippen MR) is 134 cm³/mol. The van der Waals surface area contributed by atoms with Gasteiger partial charge in [0.15, 0.2) is 5.76 Å². The SMILES string of the molecule is Cc1nc(C)c(C(=O)C2=C(O)C(=O)N(c3cc(Cl)ccc3O)C2c2ccc(C(C)(C)C)cc2)s1. The second-order valence-corrected chi connectivity index (χ2v) is 11.0. The van der Waals surface area contributed by atoms with Gasteiger partial charge in [-0.3, -0.25) is 14.5 Å². The van der Waals surface area contributed by atoms with Gasteiger partial charge in [0.05, 0.1) is 32.9 Å². The van der Waals surface area contributed by atoms with Crippen LogP contribution in [0, 0.1) is 13.8 Å². The molecule has 2 heterocycles. The lowest BCUT2D eigenvalue weighted by Crippen LogP contribution is -2.31.